The zero-order chi connectivity index (χ0) is 21.6. The monoisotopic (exact) mass is 407 g/mol. The van der Waals surface area contributed by atoms with Crippen LogP contribution in [0.5, 0.6) is 0 Å². The molecule has 0 bridgehead atoms. The van der Waals surface area contributed by atoms with Gasteiger partial charge in [-0.1, -0.05) is 34.6 Å². The number of aromatic nitrogens is 4. The quantitative estimate of drug-likeness (QED) is 0.488. The van der Waals surface area contributed by atoms with Gasteiger partial charge in [-0.3, -0.25) is 4.57 Å². The lowest BCUT2D eigenvalue weighted by molar-refractivity contribution is 0.398. The van der Waals surface area contributed by atoms with E-state index < -0.39 is 0 Å². The van der Waals surface area contributed by atoms with Gasteiger partial charge in [0.15, 0.2) is 11.4 Å². The summed E-state index contributed by atoms with van der Waals surface area (Å²) in [5.74, 6) is 1.67. The minimum atomic E-state index is -0.299. The van der Waals surface area contributed by atoms with Crippen molar-refractivity contribution in [1.82, 2.24) is 19.5 Å². The highest BCUT2D eigenvalue weighted by molar-refractivity contribution is 5.81. The molecule has 7 heteroatoms. The Hall–Kier alpha value is -3.22. The second-order valence-electron chi connectivity index (χ2n) is 8.97. The average molecular weight is 407 g/mol. The molecule has 0 atom stereocenters. The Morgan fingerprint density at radius 2 is 1.73 bits per heavy atom. The van der Waals surface area contributed by atoms with Crippen molar-refractivity contribution < 1.29 is 8.81 Å². The van der Waals surface area contributed by atoms with E-state index in [1.165, 1.54) is 12.1 Å². The van der Waals surface area contributed by atoms with Gasteiger partial charge in [-0.15, -0.1) is 0 Å². The summed E-state index contributed by atoms with van der Waals surface area (Å²) in [7, 11) is 0. The standard InChI is InChI=1S/C23H26FN5O/c1-13(2)12-29-20-17(27-22(29)25)11-10-16(26-20)19-18(14-6-8-15(24)9-7-14)28-21(30-19)23(3,4)5/h6-11,13H,12H2,1-5H3,(H2,25,27). The number of halogens is 1. The molecule has 156 valence electrons. The third-order valence-electron chi connectivity index (χ3n) is 4.79. The van der Waals surface area contributed by atoms with Gasteiger partial charge in [0.25, 0.3) is 0 Å². The molecule has 0 aliphatic rings. The number of hydrogen-bond donors (Lipinski definition) is 1. The number of pyridine rings is 1. The fourth-order valence-electron chi connectivity index (χ4n) is 3.31. The van der Waals surface area contributed by atoms with Crippen LogP contribution in [0.1, 0.15) is 40.5 Å². The van der Waals surface area contributed by atoms with Crippen LogP contribution >= 0.6 is 0 Å². The average Bonchev–Trinajstić information content (AvgIpc) is 3.24. The molecule has 0 saturated heterocycles. The van der Waals surface area contributed by atoms with E-state index in [-0.39, 0.29) is 11.2 Å². The Kier molecular flexibility index (Phi) is 4.84. The van der Waals surface area contributed by atoms with E-state index in [2.05, 4.69) is 18.8 Å². The maximum atomic E-state index is 13.5. The van der Waals surface area contributed by atoms with Crippen LogP contribution in [0.3, 0.4) is 0 Å². The van der Waals surface area contributed by atoms with E-state index in [1.807, 2.05) is 37.5 Å². The number of nitrogen functional groups attached to an aromatic ring is 1. The largest absolute Gasteiger partial charge is 0.438 e. The Labute approximate surface area is 175 Å². The second-order valence-corrected chi connectivity index (χ2v) is 8.97. The molecule has 0 unspecified atom stereocenters. The summed E-state index contributed by atoms with van der Waals surface area (Å²) < 4.78 is 21.6. The van der Waals surface area contributed by atoms with Crippen molar-refractivity contribution >= 4 is 17.1 Å². The van der Waals surface area contributed by atoms with Crippen molar-refractivity contribution in [3.63, 3.8) is 0 Å². The second kappa shape index (κ2) is 7.23. The van der Waals surface area contributed by atoms with Crippen molar-refractivity contribution in [2.75, 3.05) is 5.73 Å². The van der Waals surface area contributed by atoms with Crippen LogP contribution in [0, 0.1) is 11.7 Å². The van der Waals surface area contributed by atoms with Gasteiger partial charge >= 0.3 is 0 Å². The molecule has 0 fully saturated rings. The molecule has 0 aliphatic carbocycles. The number of oxazole rings is 1. The van der Waals surface area contributed by atoms with Gasteiger partial charge in [0.1, 0.15) is 22.7 Å². The fourth-order valence-corrected chi connectivity index (χ4v) is 3.31. The van der Waals surface area contributed by atoms with E-state index >= 15 is 0 Å². The van der Waals surface area contributed by atoms with Crippen molar-refractivity contribution in [3.8, 4) is 22.7 Å². The van der Waals surface area contributed by atoms with Crippen molar-refractivity contribution in [3.05, 3.63) is 48.1 Å². The first kappa shape index (κ1) is 20.1. The molecule has 4 aromatic rings. The summed E-state index contributed by atoms with van der Waals surface area (Å²) in [4.78, 5) is 14.0. The van der Waals surface area contributed by atoms with E-state index in [0.29, 0.717) is 47.1 Å². The predicted octanol–water partition coefficient (Wildman–Crippen LogP) is 5.43. The van der Waals surface area contributed by atoms with Gasteiger partial charge in [-0.25, -0.2) is 19.3 Å². The topological polar surface area (TPSA) is 82.8 Å². The van der Waals surface area contributed by atoms with E-state index in [4.69, 9.17) is 20.1 Å². The van der Waals surface area contributed by atoms with E-state index in [9.17, 15) is 4.39 Å². The van der Waals surface area contributed by atoms with Gasteiger partial charge in [0.05, 0.1) is 0 Å². The number of rotatable bonds is 4. The highest BCUT2D eigenvalue weighted by Gasteiger charge is 2.26. The first-order valence-electron chi connectivity index (χ1n) is 10.0. The zero-order valence-corrected chi connectivity index (χ0v) is 17.9. The lowest BCUT2D eigenvalue weighted by Gasteiger charge is -2.12. The summed E-state index contributed by atoms with van der Waals surface area (Å²) in [5.41, 5.74) is 9.31. The minimum Gasteiger partial charge on any atom is -0.438 e. The summed E-state index contributed by atoms with van der Waals surface area (Å²) in [6, 6.07) is 9.97. The first-order chi connectivity index (χ1) is 14.1. The Morgan fingerprint density at radius 3 is 2.37 bits per heavy atom. The molecule has 3 aromatic heterocycles. The molecule has 0 spiro atoms. The number of anilines is 1. The molecule has 2 N–H and O–H groups in total. The number of fused-ring (bicyclic) bond motifs is 1. The molecule has 4 rings (SSSR count). The third-order valence-corrected chi connectivity index (χ3v) is 4.79. The minimum absolute atomic E-state index is 0.291. The van der Waals surface area contributed by atoms with Crippen LogP contribution in [0.15, 0.2) is 40.8 Å². The Bertz CT molecular complexity index is 1200. The van der Waals surface area contributed by atoms with Crippen LogP contribution in [0.4, 0.5) is 10.3 Å². The number of nitrogens with zero attached hydrogens (tertiary/aromatic N) is 4. The molecule has 0 saturated carbocycles. The normalized spacial score (nSPS) is 12.2. The van der Waals surface area contributed by atoms with Crippen LogP contribution in [0.25, 0.3) is 33.9 Å². The number of nitrogens with two attached hydrogens (primary N) is 1. The molecule has 30 heavy (non-hydrogen) atoms. The van der Waals surface area contributed by atoms with Gasteiger partial charge in [0.2, 0.25) is 11.8 Å². The fraction of sp³-hybridized carbons (Fsp3) is 0.348. The highest BCUT2D eigenvalue weighted by Crippen LogP contribution is 2.36. The number of benzene rings is 1. The molecule has 1 aromatic carbocycles. The molecular formula is C23H26FN5O. The summed E-state index contributed by atoms with van der Waals surface area (Å²) >= 11 is 0. The lowest BCUT2D eigenvalue weighted by atomic mass is 9.97. The third kappa shape index (κ3) is 3.67. The van der Waals surface area contributed by atoms with Gasteiger partial charge < -0.3 is 10.2 Å². The summed E-state index contributed by atoms with van der Waals surface area (Å²) in [6.07, 6.45) is 0. The summed E-state index contributed by atoms with van der Waals surface area (Å²) in [5, 5.41) is 0. The summed E-state index contributed by atoms with van der Waals surface area (Å²) in [6.45, 7) is 11.1. The smallest absolute Gasteiger partial charge is 0.202 e. The molecule has 0 aliphatic heterocycles. The first-order valence-corrected chi connectivity index (χ1v) is 10.0. The number of hydrogen-bond acceptors (Lipinski definition) is 5. The van der Waals surface area contributed by atoms with Crippen molar-refractivity contribution in [1.29, 1.82) is 0 Å². The molecular weight excluding hydrogens is 381 g/mol. The maximum Gasteiger partial charge on any atom is 0.202 e. The SMILES string of the molecule is CC(C)Cn1c(N)nc2ccc(-c3oc(C(C)(C)C)nc3-c3ccc(F)cc3)nc21. The molecule has 0 amide bonds. The molecule has 3 heterocycles. The van der Waals surface area contributed by atoms with Crippen LogP contribution in [-0.2, 0) is 12.0 Å². The van der Waals surface area contributed by atoms with Gasteiger partial charge in [-0.2, -0.15) is 0 Å². The maximum absolute atomic E-state index is 13.5. The highest BCUT2D eigenvalue weighted by atomic mass is 19.1. The predicted molar refractivity (Wildman–Crippen MR) is 116 cm³/mol. The van der Waals surface area contributed by atoms with Crippen molar-refractivity contribution in [2.45, 2.75) is 46.6 Å². The molecule has 0 radical (unpaired) electrons. The van der Waals surface area contributed by atoms with Gasteiger partial charge in [0, 0.05) is 17.5 Å². The van der Waals surface area contributed by atoms with Crippen LogP contribution < -0.4 is 5.73 Å². The Balaban J connectivity index is 1.91. The molecule has 6 nitrogen and oxygen atoms in total. The van der Waals surface area contributed by atoms with Crippen LogP contribution in [-0.4, -0.2) is 19.5 Å². The van der Waals surface area contributed by atoms with Crippen LogP contribution in [0.2, 0.25) is 0 Å². The number of imidazole rings is 1. The van der Waals surface area contributed by atoms with E-state index in [0.717, 1.165) is 11.1 Å². The van der Waals surface area contributed by atoms with Crippen molar-refractivity contribution in [2.24, 2.45) is 5.92 Å². The Morgan fingerprint density at radius 1 is 1.03 bits per heavy atom. The van der Waals surface area contributed by atoms with E-state index in [1.54, 1.807) is 12.1 Å². The zero-order valence-electron chi connectivity index (χ0n) is 17.9. The van der Waals surface area contributed by atoms with Gasteiger partial charge in [-0.05, 0) is 42.3 Å². The lowest BCUT2D eigenvalue weighted by Crippen LogP contribution is -2.11.